The molecule has 0 saturated heterocycles. The van der Waals surface area contributed by atoms with Gasteiger partial charge in [0.2, 0.25) is 0 Å². The molecule has 0 bridgehead atoms. The minimum Gasteiger partial charge on any atom is -0.256 e. The van der Waals surface area contributed by atoms with Crippen molar-refractivity contribution in [3.63, 3.8) is 0 Å². The average Bonchev–Trinajstić information content (AvgIpc) is 2.10. The Morgan fingerprint density at radius 2 is 2.17 bits per heavy atom. The van der Waals surface area contributed by atoms with Crippen molar-refractivity contribution in [1.82, 2.24) is 9.97 Å². The van der Waals surface area contributed by atoms with Crippen LogP contribution in [0.2, 0.25) is 0 Å². The van der Waals surface area contributed by atoms with Gasteiger partial charge in [-0.1, -0.05) is 6.58 Å². The molecule has 0 N–H and O–H groups in total. The molecule has 0 atom stereocenters. The zero-order valence-electron chi connectivity index (χ0n) is 6.94. The third-order valence-electron chi connectivity index (χ3n) is 1.40. The molecule has 62 valence electrons. The van der Waals surface area contributed by atoms with Crippen molar-refractivity contribution in [2.45, 2.75) is 6.92 Å². The first-order valence-electron chi connectivity index (χ1n) is 3.45. The topological polar surface area (TPSA) is 41.4 Å². The van der Waals surface area contributed by atoms with Crippen LogP contribution >= 0.6 is 0 Å². The maximum atomic E-state index is 4.08. The van der Waals surface area contributed by atoms with E-state index >= 15 is 0 Å². The first-order valence-corrected chi connectivity index (χ1v) is 3.45. The Kier molecular flexibility index (Phi) is 2.53. The summed E-state index contributed by atoms with van der Waals surface area (Å²) < 4.78 is 0. The van der Waals surface area contributed by atoms with E-state index in [9.17, 15) is 0 Å². The van der Waals surface area contributed by atoms with Crippen LogP contribution in [0.15, 0.2) is 30.3 Å². The number of aromatic nitrogens is 2. The van der Waals surface area contributed by atoms with E-state index in [-0.39, 0.29) is 0 Å². The quantitative estimate of drug-likeness (QED) is 0.497. The largest absolute Gasteiger partial charge is 0.256 e. The first-order chi connectivity index (χ1) is 5.79. The Labute approximate surface area is 71.3 Å². The maximum Gasteiger partial charge on any atom is 0.174 e. The molecule has 0 radical (unpaired) electrons. The lowest BCUT2D eigenvalue weighted by atomic mass is 10.4. The average molecular weight is 162 g/mol. The number of aryl methyl sites for hydroxylation is 1. The highest BCUT2D eigenvalue weighted by Crippen LogP contribution is 2.13. The lowest BCUT2D eigenvalue weighted by molar-refractivity contribution is 0.989. The molecule has 4 heteroatoms. The molecule has 0 unspecified atom stereocenters. The Morgan fingerprint density at radius 1 is 1.50 bits per heavy atom. The van der Waals surface area contributed by atoms with Crippen molar-refractivity contribution in [3.05, 3.63) is 30.9 Å². The highest BCUT2D eigenvalue weighted by molar-refractivity contribution is 5.46. The fourth-order valence-corrected chi connectivity index (χ4v) is 0.836. The Morgan fingerprint density at radius 3 is 2.67 bits per heavy atom. The molecule has 0 fully saturated rings. The van der Waals surface area contributed by atoms with E-state index in [4.69, 9.17) is 0 Å². The molecule has 0 aliphatic rings. The van der Waals surface area contributed by atoms with Crippen molar-refractivity contribution in [3.8, 4) is 0 Å². The number of hydrogen-bond donors (Lipinski definition) is 0. The molecule has 1 aromatic rings. The van der Waals surface area contributed by atoms with Crippen LogP contribution in [0, 0.1) is 6.92 Å². The molecule has 1 rings (SSSR count). The zero-order chi connectivity index (χ0) is 8.97. The molecule has 12 heavy (non-hydrogen) atoms. The first kappa shape index (κ1) is 8.39. The minimum atomic E-state index is 0.655. The van der Waals surface area contributed by atoms with Gasteiger partial charge in [-0.15, -0.1) is 0 Å². The van der Waals surface area contributed by atoms with Crippen molar-refractivity contribution in [2.75, 3.05) is 5.01 Å². The summed E-state index contributed by atoms with van der Waals surface area (Å²) in [5.74, 6) is 0.655. The lowest BCUT2D eigenvalue weighted by Gasteiger charge is -2.12. The minimum absolute atomic E-state index is 0.655. The van der Waals surface area contributed by atoms with E-state index in [1.54, 1.807) is 12.4 Å². The van der Waals surface area contributed by atoms with Crippen LogP contribution in [-0.2, 0) is 0 Å². The molecule has 1 aromatic heterocycles. The van der Waals surface area contributed by atoms with Crippen LogP contribution in [0.3, 0.4) is 0 Å². The number of anilines is 1. The van der Waals surface area contributed by atoms with E-state index in [2.05, 4.69) is 28.4 Å². The molecule has 4 nitrogen and oxygen atoms in total. The summed E-state index contributed by atoms with van der Waals surface area (Å²) in [5.41, 5.74) is 0.796. The van der Waals surface area contributed by atoms with Gasteiger partial charge in [-0.05, 0) is 6.92 Å². The predicted molar refractivity (Wildman–Crippen MR) is 49.0 cm³/mol. The van der Waals surface area contributed by atoms with Crippen molar-refractivity contribution in [1.29, 1.82) is 0 Å². The van der Waals surface area contributed by atoms with Crippen molar-refractivity contribution < 1.29 is 0 Å². The highest BCUT2D eigenvalue weighted by Gasteiger charge is 2.04. The fraction of sp³-hybridized carbons (Fsp3) is 0.125. The molecule has 0 amide bonds. The second kappa shape index (κ2) is 3.61. The second-order valence-corrected chi connectivity index (χ2v) is 2.13. The van der Waals surface area contributed by atoms with Crippen LogP contribution < -0.4 is 5.01 Å². The molecule has 0 spiro atoms. The second-order valence-electron chi connectivity index (χ2n) is 2.13. The molecule has 0 aliphatic carbocycles. The van der Waals surface area contributed by atoms with Crippen molar-refractivity contribution in [2.24, 2.45) is 5.10 Å². The van der Waals surface area contributed by atoms with Gasteiger partial charge in [0.15, 0.2) is 5.82 Å². The van der Waals surface area contributed by atoms with Crippen LogP contribution in [-0.4, -0.2) is 16.7 Å². The van der Waals surface area contributed by atoms with Gasteiger partial charge in [0, 0.05) is 25.3 Å². The zero-order valence-corrected chi connectivity index (χ0v) is 6.94. The normalized spacial score (nSPS) is 9.08. The number of hydrazone groups is 1. The van der Waals surface area contributed by atoms with Gasteiger partial charge < -0.3 is 0 Å². The molecular weight excluding hydrogens is 152 g/mol. The molecule has 0 aliphatic heterocycles. The van der Waals surface area contributed by atoms with Crippen LogP contribution in [0.4, 0.5) is 5.82 Å². The van der Waals surface area contributed by atoms with Gasteiger partial charge >= 0.3 is 0 Å². The van der Waals surface area contributed by atoms with E-state index in [0.717, 1.165) is 5.69 Å². The summed E-state index contributed by atoms with van der Waals surface area (Å²) in [4.78, 5) is 8.13. The summed E-state index contributed by atoms with van der Waals surface area (Å²) in [7, 11) is 0. The van der Waals surface area contributed by atoms with Crippen LogP contribution in [0.5, 0.6) is 0 Å². The Hall–Kier alpha value is -1.71. The van der Waals surface area contributed by atoms with Gasteiger partial charge in [0.05, 0.1) is 5.69 Å². The third-order valence-corrected chi connectivity index (χ3v) is 1.40. The molecule has 0 saturated carbocycles. The van der Waals surface area contributed by atoms with Gasteiger partial charge in [0.1, 0.15) is 0 Å². The predicted octanol–water partition coefficient (Wildman–Crippen LogP) is 1.35. The van der Waals surface area contributed by atoms with Gasteiger partial charge in [-0.3, -0.25) is 4.98 Å². The van der Waals surface area contributed by atoms with Crippen LogP contribution in [0.1, 0.15) is 5.69 Å². The van der Waals surface area contributed by atoms with E-state index in [1.807, 2.05) is 6.92 Å². The summed E-state index contributed by atoms with van der Waals surface area (Å²) in [6.45, 7) is 8.81. The van der Waals surface area contributed by atoms with Gasteiger partial charge in [-0.2, -0.15) is 5.10 Å². The SMILES string of the molecule is C=CN(N=C)c1nccnc1C. The third kappa shape index (κ3) is 1.47. The standard InChI is InChI=1S/C8H10N4/c1-4-12(9-3)8-7(2)10-5-6-11-8/h4-6H,1,3H2,2H3. The molecule has 1 heterocycles. The smallest absolute Gasteiger partial charge is 0.174 e. The lowest BCUT2D eigenvalue weighted by Crippen LogP contribution is -2.09. The van der Waals surface area contributed by atoms with Crippen LogP contribution in [0.25, 0.3) is 0 Å². The molecule has 0 aromatic carbocycles. The van der Waals surface area contributed by atoms with E-state index < -0.39 is 0 Å². The summed E-state index contributed by atoms with van der Waals surface area (Å²) >= 11 is 0. The number of nitrogens with zero attached hydrogens (tertiary/aromatic N) is 4. The highest BCUT2D eigenvalue weighted by atomic mass is 15.5. The van der Waals surface area contributed by atoms with Crippen molar-refractivity contribution >= 4 is 12.5 Å². The molecular formula is C8H10N4. The van der Waals surface area contributed by atoms with E-state index in [0.29, 0.717) is 5.82 Å². The number of rotatable bonds is 3. The van der Waals surface area contributed by atoms with Gasteiger partial charge in [0.25, 0.3) is 0 Å². The summed E-state index contributed by atoms with van der Waals surface area (Å²) in [6.07, 6.45) is 4.76. The van der Waals surface area contributed by atoms with E-state index in [1.165, 1.54) is 11.2 Å². The number of hydrogen-bond acceptors (Lipinski definition) is 4. The maximum absolute atomic E-state index is 4.08. The summed E-state index contributed by atoms with van der Waals surface area (Å²) in [5, 5.41) is 5.17. The Bertz CT molecular complexity index is 287. The van der Waals surface area contributed by atoms with Gasteiger partial charge in [-0.25, -0.2) is 9.99 Å². The summed E-state index contributed by atoms with van der Waals surface area (Å²) in [6, 6.07) is 0. The fourth-order valence-electron chi connectivity index (χ4n) is 0.836. The monoisotopic (exact) mass is 162 g/mol. The Balaban J connectivity index is 3.08.